The monoisotopic (exact) mass is 324 g/mol. The average Bonchev–Trinajstić information content (AvgIpc) is 2.46. The molecule has 2 rings (SSSR count). The van der Waals surface area contributed by atoms with Gasteiger partial charge in [-0.25, -0.2) is 8.42 Å². The Morgan fingerprint density at radius 1 is 1.48 bits per heavy atom. The van der Waals surface area contributed by atoms with Crippen molar-refractivity contribution in [3.8, 4) is 11.8 Å². The van der Waals surface area contributed by atoms with Crippen molar-refractivity contribution in [2.24, 2.45) is 5.73 Å². The lowest BCUT2D eigenvalue weighted by molar-refractivity contribution is 0.424. The first kappa shape index (κ1) is 16.4. The summed E-state index contributed by atoms with van der Waals surface area (Å²) >= 11 is 1.81. The molecule has 0 saturated carbocycles. The van der Waals surface area contributed by atoms with Gasteiger partial charge < -0.3 is 5.73 Å². The Kier molecular flexibility index (Phi) is 5.33. The lowest BCUT2D eigenvalue weighted by Gasteiger charge is -2.30. The van der Waals surface area contributed by atoms with Gasteiger partial charge in [0.05, 0.1) is 11.4 Å². The van der Waals surface area contributed by atoms with E-state index in [1.54, 1.807) is 16.4 Å². The van der Waals surface area contributed by atoms with Crippen molar-refractivity contribution in [2.75, 3.05) is 25.4 Å². The largest absolute Gasteiger partial charge is 0.320 e. The molecule has 0 aliphatic carbocycles. The molecule has 1 heterocycles. The van der Waals surface area contributed by atoms with E-state index in [1.165, 1.54) is 0 Å². The molecule has 21 heavy (non-hydrogen) atoms. The summed E-state index contributed by atoms with van der Waals surface area (Å²) in [6.07, 6.45) is 0. The number of hydrogen-bond donors (Lipinski definition) is 1. The molecule has 1 aromatic carbocycles. The minimum Gasteiger partial charge on any atom is -0.320 e. The van der Waals surface area contributed by atoms with Gasteiger partial charge in [0.2, 0.25) is 10.0 Å². The summed E-state index contributed by atoms with van der Waals surface area (Å²) < 4.78 is 27.2. The first-order valence-electron chi connectivity index (χ1n) is 6.86. The molecule has 114 valence electrons. The van der Waals surface area contributed by atoms with Gasteiger partial charge in [-0.3, -0.25) is 0 Å². The molecular weight excluding hydrogens is 304 g/mol. The molecule has 1 saturated heterocycles. The summed E-state index contributed by atoms with van der Waals surface area (Å²) in [6.45, 7) is 5.26. The highest BCUT2D eigenvalue weighted by Gasteiger charge is 2.30. The van der Waals surface area contributed by atoms with Crippen molar-refractivity contribution in [3.05, 3.63) is 29.3 Å². The highest BCUT2D eigenvalue weighted by atomic mass is 32.2. The van der Waals surface area contributed by atoms with Crippen LogP contribution in [0, 0.1) is 18.8 Å². The summed E-state index contributed by atoms with van der Waals surface area (Å²) in [5.41, 5.74) is 6.79. The number of benzene rings is 1. The van der Waals surface area contributed by atoms with Crippen LogP contribution in [-0.4, -0.2) is 43.4 Å². The second-order valence-electron chi connectivity index (χ2n) is 5.03. The number of thioether (sulfide) groups is 1. The summed E-state index contributed by atoms with van der Waals surface area (Å²) in [5, 5.41) is 0.328. The zero-order valence-electron chi connectivity index (χ0n) is 12.3. The van der Waals surface area contributed by atoms with Crippen LogP contribution in [0.5, 0.6) is 0 Å². The molecule has 1 aliphatic heterocycles. The first-order valence-corrected chi connectivity index (χ1v) is 9.35. The first-order chi connectivity index (χ1) is 9.95. The second-order valence-corrected chi connectivity index (χ2v) is 8.48. The van der Waals surface area contributed by atoms with Crippen molar-refractivity contribution in [2.45, 2.75) is 24.0 Å². The minimum atomic E-state index is -3.45. The number of sulfonamides is 1. The SMILES string of the molecule is Cc1ccc(C#CCN)cc1S(=O)(=O)N1CCSC(C)C1. The molecule has 2 N–H and O–H groups in total. The van der Waals surface area contributed by atoms with E-state index < -0.39 is 10.0 Å². The minimum absolute atomic E-state index is 0.261. The van der Waals surface area contributed by atoms with Gasteiger partial charge in [0, 0.05) is 29.7 Å². The Bertz CT molecular complexity index is 675. The fourth-order valence-corrected chi connectivity index (χ4v) is 5.26. The van der Waals surface area contributed by atoms with Crippen LogP contribution >= 0.6 is 11.8 Å². The topological polar surface area (TPSA) is 63.4 Å². The summed E-state index contributed by atoms with van der Waals surface area (Å²) in [5.74, 6) is 6.49. The Balaban J connectivity index is 2.39. The van der Waals surface area contributed by atoms with Crippen LogP contribution in [0.1, 0.15) is 18.1 Å². The lowest BCUT2D eigenvalue weighted by atomic mass is 10.1. The Morgan fingerprint density at radius 2 is 2.24 bits per heavy atom. The molecule has 1 fully saturated rings. The van der Waals surface area contributed by atoms with Crippen LogP contribution < -0.4 is 5.73 Å². The molecule has 0 bridgehead atoms. The third kappa shape index (κ3) is 3.80. The number of hydrogen-bond acceptors (Lipinski definition) is 4. The van der Waals surface area contributed by atoms with Crippen molar-refractivity contribution in [1.82, 2.24) is 4.31 Å². The van der Waals surface area contributed by atoms with E-state index in [9.17, 15) is 8.42 Å². The standard InChI is InChI=1S/C15H20N2O2S2/c1-12-5-6-14(4-3-7-16)10-15(12)21(18,19)17-8-9-20-13(2)11-17/h5-6,10,13H,7-9,11,16H2,1-2H3. The van der Waals surface area contributed by atoms with Crippen molar-refractivity contribution in [3.63, 3.8) is 0 Å². The molecule has 1 unspecified atom stereocenters. The summed E-state index contributed by atoms with van der Waals surface area (Å²) in [7, 11) is -3.45. The van der Waals surface area contributed by atoms with Gasteiger partial charge >= 0.3 is 0 Å². The van der Waals surface area contributed by atoms with E-state index in [4.69, 9.17) is 5.73 Å². The van der Waals surface area contributed by atoms with Gasteiger partial charge in [-0.15, -0.1) is 0 Å². The predicted molar refractivity (Wildman–Crippen MR) is 87.8 cm³/mol. The van der Waals surface area contributed by atoms with Crippen molar-refractivity contribution >= 4 is 21.8 Å². The zero-order chi connectivity index (χ0) is 15.5. The molecule has 1 aromatic rings. The molecule has 0 aromatic heterocycles. The van der Waals surface area contributed by atoms with Crippen molar-refractivity contribution < 1.29 is 8.42 Å². The third-order valence-electron chi connectivity index (χ3n) is 3.34. The number of nitrogens with two attached hydrogens (primary N) is 1. The van der Waals surface area contributed by atoms with Gasteiger partial charge in [0.15, 0.2) is 0 Å². The predicted octanol–water partition coefficient (Wildman–Crippen LogP) is 1.43. The number of aryl methyl sites for hydroxylation is 1. The van der Waals surface area contributed by atoms with E-state index in [1.807, 2.05) is 24.8 Å². The van der Waals surface area contributed by atoms with E-state index in [0.29, 0.717) is 28.8 Å². The van der Waals surface area contributed by atoms with Crippen LogP contribution in [-0.2, 0) is 10.0 Å². The molecule has 0 radical (unpaired) electrons. The molecule has 6 heteroatoms. The maximum Gasteiger partial charge on any atom is 0.243 e. The maximum absolute atomic E-state index is 12.8. The van der Waals surface area contributed by atoms with Crippen LogP contribution in [0.3, 0.4) is 0 Å². The Morgan fingerprint density at radius 3 is 2.90 bits per heavy atom. The summed E-state index contributed by atoms with van der Waals surface area (Å²) in [4.78, 5) is 0.352. The lowest BCUT2D eigenvalue weighted by Crippen LogP contribution is -2.41. The van der Waals surface area contributed by atoms with E-state index >= 15 is 0 Å². The Labute approximate surface area is 131 Å². The normalized spacial score (nSPS) is 19.9. The maximum atomic E-state index is 12.8. The smallest absolute Gasteiger partial charge is 0.243 e. The Hall–Kier alpha value is -1.000. The average molecular weight is 324 g/mol. The molecule has 4 nitrogen and oxygen atoms in total. The highest BCUT2D eigenvalue weighted by Crippen LogP contribution is 2.26. The third-order valence-corrected chi connectivity index (χ3v) is 6.49. The molecule has 1 atom stereocenters. The van der Waals surface area contributed by atoms with Crippen LogP contribution in [0.25, 0.3) is 0 Å². The van der Waals surface area contributed by atoms with E-state index in [-0.39, 0.29) is 6.54 Å². The molecule has 0 spiro atoms. The van der Waals surface area contributed by atoms with E-state index in [2.05, 4.69) is 18.8 Å². The van der Waals surface area contributed by atoms with Gasteiger partial charge in [-0.2, -0.15) is 16.1 Å². The quantitative estimate of drug-likeness (QED) is 0.836. The molecule has 0 amide bonds. The van der Waals surface area contributed by atoms with Gasteiger partial charge in [-0.05, 0) is 24.6 Å². The molecule has 1 aliphatic rings. The number of rotatable bonds is 2. The second kappa shape index (κ2) is 6.84. The number of nitrogens with zero attached hydrogens (tertiary/aromatic N) is 1. The fraction of sp³-hybridized carbons (Fsp3) is 0.467. The van der Waals surface area contributed by atoms with Gasteiger partial charge in [0.25, 0.3) is 0 Å². The zero-order valence-corrected chi connectivity index (χ0v) is 13.9. The molecular formula is C15H20N2O2S2. The fourth-order valence-electron chi connectivity index (χ4n) is 2.25. The van der Waals surface area contributed by atoms with Crippen LogP contribution in [0.15, 0.2) is 23.1 Å². The van der Waals surface area contributed by atoms with Gasteiger partial charge in [-0.1, -0.05) is 24.8 Å². The van der Waals surface area contributed by atoms with Crippen molar-refractivity contribution in [1.29, 1.82) is 0 Å². The van der Waals surface area contributed by atoms with Crippen LogP contribution in [0.2, 0.25) is 0 Å². The van der Waals surface area contributed by atoms with Gasteiger partial charge in [0.1, 0.15) is 0 Å². The highest BCUT2D eigenvalue weighted by molar-refractivity contribution is 8.00. The summed E-state index contributed by atoms with van der Waals surface area (Å²) in [6, 6.07) is 5.28. The van der Waals surface area contributed by atoms with Crippen LogP contribution in [0.4, 0.5) is 0 Å². The van der Waals surface area contributed by atoms with E-state index in [0.717, 1.165) is 11.3 Å².